The molecule has 1 N–H and O–H groups in total. The van der Waals surface area contributed by atoms with Crippen LogP contribution in [0.4, 0.5) is 5.69 Å². The molecule has 4 nitrogen and oxygen atoms in total. The van der Waals surface area contributed by atoms with Crippen LogP contribution in [0.25, 0.3) is 0 Å². The number of hydrogen-bond donors (Lipinski definition) is 1. The number of carbonyl (C=O) groups is 1. The van der Waals surface area contributed by atoms with E-state index in [0.29, 0.717) is 10.6 Å². The smallest absolute Gasteiger partial charge is 0.271 e. The van der Waals surface area contributed by atoms with Gasteiger partial charge in [-0.3, -0.25) is 4.79 Å². The van der Waals surface area contributed by atoms with Crippen LogP contribution in [-0.2, 0) is 0 Å². The highest BCUT2D eigenvalue weighted by Crippen LogP contribution is 2.15. The third-order valence-corrected chi connectivity index (χ3v) is 4.10. The topological polar surface area (TPSA) is 44.7 Å². The first kappa shape index (κ1) is 18.0. The fraction of sp³-hybridized carbons (Fsp3) is 0.263. The van der Waals surface area contributed by atoms with Crippen molar-refractivity contribution in [3.63, 3.8) is 0 Å². The monoisotopic (exact) mass is 343 g/mol. The first-order chi connectivity index (χ1) is 11.5. The van der Waals surface area contributed by atoms with E-state index in [9.17, 15) is 4.79 Å². The van der Waals surface area contributed by atoms with Crippen LogP contribution < -0.4 is 10.3 Å². The van der Waals surface area contributed by atoms with Crippen molar-refractivity contribution in [2.75, 3.05) is 18.0 Å². The summed E-state index contributed by atoms with van der Waals surface area (Å²) in [6.07, 6.45) is 0. The summed E-state index contributed by atoms with van der Waals surface area (Å²) >= 11 is 5.87. The van der Waals surface area contributed by atoms with Crippen LogP contribution in [-0.4, -0.2) is 24.7 Å². The number of carbonyl (C=O) groups excluding carboxylic acids is 1. The molecule has 1 amide bonds. The predicted molar refractivity (Wildman–Crippen MR) is 101 cm³/mol. The molecule has 0 unspecified atom stereocenters. The number of anilines is 1. The third kappa shape index (κ3) is 4.59. The first-order valence-electron chi connectivity index (χ1n) is 8.00. The fourth-order valence-electron chi connectivity index (χ4n) is 2.37. The standard InChI is InChI=1S/C19H22ClN3O/c1-4-23(5-2)18-12-8-16(9-13-18)19(24)22-21-14(3)15-6-10-17(20)11-7-15/h6-13H,4-5H2,1-3H3,(H,22,24)/b21-14-. The lowest BCUT2D eigenvalue weighted by atomic mass is 10.1. The van der Waals surface area contributed by atoms with Crippen molar-refractivity contribution in [2.24, 2.45) is 5.10 Å². The van der Waals surface area contributed by atoms with Crippen molar-refractivity contribution in [1.82, 2.24) is 5.43 Å². The van der Waals surface area contributed by atoms with Gasteiger partial charge in [0.25, 0.3) is 5.91 Å². The zero-order chi connectivity index (χ0) is 17.5. The Balaban J connectivity index is 2.04. The zero-order valence-electron chi connectivity index (χ0n) is 14.2. The van der Waals surface area contributed by atoms with Crippen molar-refractivity contribution in [3.05, 3.63) is 64.7 Å². The molecule has 0 spiro atoms. The molecule has 0 radical (unpaired) electrons. The lowest BCUT2D eigenvalue weighted by Gasteiger charge is -2.20. The van der Waals surface area contributed by atoms with Gasteiger partial charge in [-0.15, -0.1) is 0 Å². The van der Waals surface area contributed by atoms with Gasteiger partial charge in [-0.05, 0) is 62.7 Å². The Morgan fingerprint density at radius 3 is 2.08 bits per heavy atom. The lowest BCUT2D eigenvalue weighted by Crippen LogP contribution is -2.22. The van der Waals surface area contributed by atoms with Crippen LogP contribution >= 0.6 is 11.6 Å². The first-order valence-corrected chi connectivity index (χ1v) is 8.38. The summed E-state index contributed by atoms with van der Waals surface area (Å²) in [6, 6.07) is 14.9. The summed E-state index contributed by atoms with van der Waals surface area (Å²) < 4.78 is 0. The van der Waals surface area contributed by atoms with Gasteiger partial charge in [0.1, 0.15) is 0 Å². The summed E-state index contributed by atoms with van der Waals surface area (Å²) in [4.78, 5) is 14.4. The van der Waals surface area contributed by atoms with Crippen LogP contribution in [0.2, 0.25) is 5.02 Å². The minimum absolute atomic E-state index is 0.227. The molecule has 0 atom stereocenters. The van der Waals surface area contributed by atoms with E-state index in [1.807, 2.05) is 43.3 Å². The Hall–Kier alpha value is -2.33. The molecule has 2 aromatic rings. The van der Waals surface area contributed by atoms with Gasteiger partial charge in [0, 0.05) is 29.4 Å². The number of nitrogens with zero attached hydrogens (tertiary/aromatic N) is 2. The van der Waals surface area contributed by atoms with Crippen molar-refractivity contribution < 1.29 is 4.79 Å². The maximum absolute atomic E-state index is 12.2. The average Bonchev–Trinajstić information content (AvgIpc) is 2.61. The molecular weight excluding hydrogens is 322 g/mol. The Bertz CT molecular complexity index is 704. The number of amides is 1. The van der Waals surface area contributed by atoms with Gasteiger partial charge in [-0.1, -0.05) is 23.7 Å². The van der Waals surface area contributed by atoms with E-state index in [-0.39, 0.29) is 5.91 Å². The van der Waals surface area contributed by atoms with Crippen LogP contribution in [0.1, 0.15) is 36.7 Å². The van der Waals surface area contributed by atoms with Gasteiger partial charge in [-0.2, -0.15) is 5.10 Å². The Kier molecular flexibility index (Phi) is 6.38. The van der Waals surface area contributed by atoms with Crippen LogP contribution in [0.15, 0.2) is 53.6 Å². The normalized spacial score (nSPS) is 11.2. The molecule has 0 aromatic heterocycles. The minimum atomic E-state index is -0.227. The van der Waals surface area contributed by atoms with Gasteiger partial charge in [0.05, 0.1) is 5.71 Å². The lowest BCUT2D eigenvalue weighted by molar-refractivity contribution is 0.0955. The number of nitrogens with one attached hydrogen (secondary N) is 1. The number of halogens is 1. The summed E-state index contributed by atoms with van der Waals surface area (Å²) in [7, 11) is 0. The molecule has 0 fully saturated rings. The van der Waals surface area contributed by atoms with Gasteiger partial charge in [-0.25, -0.2) is 5.43 Å². The van der Waals surface area contributed by atoms with E-state index in [2.05, 4.69) is 29.3 Å². The second-order valence-corrected chi connectivity index (χ2v) is 5.80. The van der Waals surface area contributed by atoms with Crippen molar-refractivity contribution in [1.29, 1.82) is 0 Å². The highest BCUT2D eigenvalue weighted by Gasteiger charge is 2.07. The molecule has 0 heterocycles. The molecule has 0 aliphatic carbocycles. The van der Waals surface area contributed by atoms with E-state index < -0.39 is 0 Å². The van der Waals surface area contributed by atoms with E-state index in [1.54, 1.807) is 12.1 Å². The molecule has 2 aromatic carbocycles. The van der Waals surface area contributed by atoms with Gasteiger partial charge in [0.15, 0.2) is 0 Å². The van der Waals surface area contributed by atoms with Crippen LogP contribution in [0, 0.1) is 0 Å². The van der Waals surface area contributed by atoms with Gasteiger partial charge in [0.2, 0.25) is 0 Å². The summed E-state index contributed by atoms with van der Waals surface area (Å²) in [5.41, 5.74) is 5.92. The molecule has 0 saturated heterocycles. The molecule has 2 rings (SSSR count). The maximum Gasteiger partial charge on any atom is 0.271 e. The average molecular weight is 344 g/mol. The van der Waals surface area contributed by atoms with E-state index in [1.165, 1.54) is 0 Å². The largest absolute Gasteiger partial charge is 0.372 e. The number of hydrazone groups is 1. The quantitative estimate of drug-likeness (QED) is 0.626. The van der Waals surface area contributed by atoms with Crippen molar-refractivity contribution in [3.8, 4) is 0 Å². The van der Waals surface area contributed by atoms with Crippen molar-refractivity contribution in [2.45, 2.75) is 20.8 Å². The molecule has 0 saturated carbocycles. The molecule has 5 heteroatoms. The Morgan fingerprint density at radius 1 is 1.00 bits per heavy atom. The molecule has 0 bridgehead atoms. The van der Waals surface area contributed by atoms with E-state index in [4.69, 9.17) is 11.6 Å². The number of benzene rings is 2. The highest BCUT2D eigenvalue weighted by molar-refractivity contribution is 6.30. The summed E-state index contributed by atoms with van der Waals surface area (Å²) in [5, 5.41) is 4.82. The molecule has 0 aliphatic heterocycles. The van der Waals surface area contributed by atoms with E-state index in [0.717, 1.165) is 30.1 Å². The summed E-state index contributed by atoms with van der Waals surface area (Å²) in [5.74, 6) is -0.227. The second kappa shape index (κ2) is 8.50. The molecule has 126 valence electrons. The Labute approximate surface area is 148 Å². The molecule has 0 aliphatic rings. The minimum Gasteiger partial charge on any atom is -0.372 e. The molecular formula is C19H22ClN3O. The second-order valence-electron chi connectivity index (χ2n) is 5.36. The SMILES string of the molecule is CCN(CC)c1ccc(C(=O)N/N=C(/C)c2ccc(Cl)cc2)cc1. The van der Waals surface area contributed by atoms with Crippen LogP contribution in [0.5, 0.6) is 0 Å². The predicted octanol–water partition coefficient (Wildman–Crippen LogP) is 4.34. The highest BCUT2D eigenvalue weighted by atomic mass is 35.5. The van der Waals surface area contributed by atoms with Gasteiger partial charge < -0.3 is 4.90 Å². The van der Waals surface area contributed by atoms with Crippen LogP contribution in [0.3, 0.4) is 0 Å². The molecule has 24 heavy (non-hydrogen) atoms. The fourth-order valence-corrected chi connectivity index (χ4v) is 2.49. The number of rotatable bonds is 6. The zero-order valence-corrected chi connectivity index (χ0v) is 15.0. The number of hydrogen-bond acceptors (Lipinski definition) is 3. The van der Waals surface area contributed by atoms with Gasteiger partial charge >= 0.3 is 0 Å². The van der Waals surface area contributed by atoms with Crippen molar-refractivity contribution >= 4 is 28.9 Å². The summed E-state index contributed by atoms with van der Waals surface area (Å²) in [6.45, 7) is 7.93. The third-order valence-electron chi connectivity index (χ3n) is 3.85. The Morgan fingerprint density at radius 2 is 1.54 bits per heavy atom. The van der Waals surface area contributed by atoms with E-state index >= 15 is 0 Å². The maximum atomic E-state index is 12.2.